The first kappa shape index (κ1) is 11.3. The normalized spacial score (nSPS) is 28.2. The third-order valence-electron chi connectivity index (χ3n) is 3.37. The molecule has 0 aliphatic carbocycles. The second-order valence-electron chi connectivity index (χ2n) is 4.71. The summed E-state index contributed by atoms with van der Waals surface area (Å²) >= 11 is 0. The molecule has 0 bridgehead atoms. The van der Waals surface area contributed by atoms with Gasteiger partial charge >= 0.3 is 0 Å². The van der Waals surface area contributed by atoms with E-state index < -0.39 is 0 Å². The van der Waals surface area contributed by atoms with Gasteiger partial charge in [-0.2, -0.15) is 0 Å². The Labute approximate surface area is 87.5 Å². The van der Waals surface area contributed by atoms with Gasteiger partial charge in [0.25, 0.3) is 0 Å². The molecule has 2 nitrogen and oxygen atoms in total. The smallest absolute Gasteiger partial charge is 0.101 e. The van der Waals surface area contributed by atoms with E-state index in [1.165, 1.54) is 6.42 Å². The summed E-state index contributed by atoms with van der Waals surface area (Å²) < 4.78 is 0. The third-order valence-corrected chi connectivity index (χ3v) is 3.37. The lowest BCUT2D eigenvalue weighted by atomic mass is 9.72. The van der Waals surface area contributed by atoms with Crippen molar-refractivity contribution in [2.24, 2.45) is 16.3 Å². The van der Waals surface area contributed by atoms with Crippen molar-refractivity contribution in [1.29, 1.82) is 0 Å². The lowest BCUT2D eigenvalue weighted by Crippen LogP contribution is -2.35. The van der Waals surface area contributed by atoms with Crippen LogP contribution in [-0.4, -0.2) is 12.4 Å². The van der Waals surface area contributed by atoms with Crippen LogP contribution in [0.15, 0.2) is 17.3 Å². The minimum absolute atomic E-state index is 0.422. The topological polar surface area (TPSA) is 24.4 Å². The van der Waals surface area contributed by atoms with Crippen molar-refractivity contribution in [3.8, 4) is 0 Å². The summed E-state index contributed by atoms with van der Waals surface area (Å²) in [6, 6.07) is 0. The zero-order valence-electron chi connectivity index (χ0n) is 9.80. The molecule has 14 heavy (non-hydrogen) atoms. The summed E-state index contributed by atoms with van der Waals surface area (Å²) in [4.78, 5) is 4.50. The Kier molecular flexibility index (Phi) is 3.73. The Morgan fingerprint density at radius 2 is 2.21 bits per heavy atom. The minimum Gasteiger partial charge on any atom is -0.351 e. The second-order valence-corrected chi connectivity index (χ2v) is 4.71. The van der Waals surface area contributed by atoms with Crippen LogP contribution in [-0.2, 0) is 0 Å². The fraction of sp³-hybridized carbons (Fsp3) is 0.750. The van der Waals surface area contributed by atoms with E-state index in [2.05, 4.69) is 31.1 Å². The van der Waals surface area contributed by atoms with Gasteiger partial charge in [0.15, 0.2) is 0 Å². The lowest BCUT2D eigenvalue weighted by molar-refractivity contribution is 0.204. The van der Waals surface area contributed by atoms with E-state index in [1.54, 1.807) is 0 Å². The fourth-order valence-electron chi connectivity index (χ4n) is 1.74. The van der Waals surface area contributed by atoms with Crippen LogP contribution < -0.4 is 5.32 Å². The molecule has 1 aliphatic rings. The van der Waals surface area contributed by atoms with Gasteiger partial charge in [0.2, 0.25) is 0 Å². The Balaban J connectivity index is 2.61. The van der Waals surface area contributed by atoms with Crippen molar-refractivity contribution in [2.75, 3.05) is 6.54 Å². The van der Waals surface area contributed by atoms with Gasteiger partial charge < -0.3 is 5.32 Å². The van der Waals surface area contributed by atoms with Crippen LogP contribution in [0.1, 0.15) is 40.5 Å². The molecule has 1 unspecified atom stereocenters. The zero-order chi connectivity index (χ0) is 10.6. The predicted octanol–water partition coefficient (Wildman–Crippen LogP) is 2.96. The van der Waals surface area contributed by atoms with E-state index in [0.717, 1.165) is 24.7 Å². The average Bonchev–Trinajstić information content (AvgIpc) is 2.15. The van der Waals surface area contributed by atoms with E-state index in [9.17, 15) is 0 Å². The van der Waals surface area contributed by atoms with Gasteiger partial charge in [0.1, 0.15) is 5.84 Å². The largest absolute Gasteiger partial charge is 0.351 e. The summed E-state index contributed by atoms with van der Waals surface area (Å²) in [6.07, 6.45) is 6.26. The molecule has 0 amide bonds. The van der Waals surface area contributed by atoms with Gasteiger partial charge in [0, 0.05) is 13.0 Å². The highest BCUT2D eigenvalue weighted by Crippen LogP contribution is 2.37. The van der Waals surface area contributed by atoms with Crippen molar-refractivity contribution < 1.29 is 0 Å². The minimum atomic E-state index is 0.422. The van der Waals surface area contributed by atoms with E-state index in [0.29, 0.717) is 5.41 Å². The van der Waals surface area contributed by atoms with E-state index in [-0.39, 0.29) is 0 Å². The quantitative estimate of drug-likeness (QED) is 0.718. The summed E-state index contributed by atoms with van der Waals surface area (Å²) in [5.74, 6) is 1.87. The van der Waals surface area contributed by atoms with Crippen molar-refractivity contribution in [1.82, 2.24) is 5.32 Å². The second kappa shape index (κ2) is 4.63. The maximum absolute atomic E-state index is 4.50. The number of aliphatic imine (C=N–C) groups is 1. The molecule has 1 aliphatic heterocycles. The molecular formula is C12H22N2. The zero-order valence-corrected chi connectivity index (χ0v) is 9.80. The number of nitrogens with one attached hydrogen (secondary N) is 1. The first-order valence-electron chi connectivity index (χ1n) is 5.49. The van der Waals surface area contributed by atoms with E-state index in [1.807, 2.05) is 19.2 Å². The summed E-state index contributed by atoms with van der Waals surface area (Å²) in [5, 5.41) is 3.25. The Morgan fingerprint density at radius 3 is 2.79 bits per heavy atom. The maximum Gasteiger partial charge on any atom is 0.101 e. The van der Waals surface area contributed by atoms with E-state index >= 15 is 0 Å². The molecular weight excluding hydrogens is 172 g/mol. The maximum atomic E-state index is 4.50. The Bertz CT molecular complexity index is 241. The van der Waals surface area contributed by atoms with Crippen molar-refractivity contribution >= 4 is 5.84 Å². The highest BCUT2D eigenvalue weighted by molar-refractivity contribution is 5.84. The van der Waals surface area contributed by atoms with Crippen molar-refractivity contribution in [3.05, 3.63) is 12.3 Å². The molecule has 0 saturated heterocycles. The molecule has 80 valence electrons. The standard InChI is InChI=1S/C12H22N2/c1-5-7-13-11-9-12(4,10(2)3)6-8-14-11/h5,7,10H,6,8-9H2,1-4H3,(H,13,14)/b7-5-. The van der Waals surface area contributed by atoms with Crippen LogP contribution in [0.5, 0.6) is 0 Å². The van der Waals surface area contributed by atoms with Gasteiger partial charge in [0.05, 0.1) is 0 Å². The molecule has 1 atom stereocenters. The highest BCUT2D eigenvalue weighted by atomic mass is 15.0. The number of rotatable bonds is 2. The van der Waals surface area contributed by atoms with Crippen LogP contribution in [0.2, 0.25) is 0 Å². The SMILES string of the molecule is C/C=C\NC1=NCCC(C)(C(C)C)C1. The molecule has 0 spiro atoms. The molecule has 2 heteroatoms. The molecule has 0 saturated carbocycles. The van der Waals surface area contributed by atoms with Crippen LogP contribution in [0, 0.1) is 11.3 Å². The van der Waals surface area contributed by atoms with Gasteiger partial charge in [-0.05, 0) is 30.9 Å². The molecule has 0 aromatic rings. The van der Waals surface area contributed by atoms with Crippen LogP contribution in [0.4, 0.5) is 0 Å². The lowest BCUT2D eigenvalue weighted by Gasteiger charge is -2.36. The number of allylic oxidation sites excluding steroid dienone is 1. The number of hydrogen-bond acceptors (Lipinski definition) is 2. The van der Waals surface area contributed by atoms with Crippen molar-refractivity contribution in [2.45, 2.75) is 40.5 Å². The summed E-state index contributed by atoms with van der Waals surface area (Å²) in [6.45, 7) is 9.95. The summed E-state index contributed by atoms with van der Waals surface area (Å²) in [5.41, 5.74) is 0.422. The fourth-order valence-corrected chi connectivity index (χ4v) is 1.74. The summed E-state index contributed by atoms with van der Waals surface area (Å²) in [7, 11) is 0. The van der Waals surface area contributed by atoms with Crippen molar-refractivity contribution in [3.63, 3.8) is 0 Å². The number of nitrogens with zero attached hydrogens (tertiary/aromatic N) is 1. The van der Waals surface area contributed by atoms with Gasteiger partial charge in [-0.15, -0.1) is 0 Å². The van der Waals surface area contributed by atoms with Gasteiger partial charge in [-0.25, -0.2) is 0 Å². The first-order valence-corrected chi connectivity index (χ1v) is 5.49. The molecule has 0 aromatic heterocycles. The first-order chi connectivity index (χ1) is 6.58. The predicted molar refractivity (Wildman–Crippen MR) is 62.4 cm³/mol. The third kappa shape index (κ3) is 2.60. The molecule has 0 aromatic carbocycles. The number of amidine groups is 1. The van der Waals surface area contributed by atoms with Crippen LogP contribution in [0.3, 0.4) is 0 Å². The molecule has 1 rings (SSSR count). The van der Waals surface area contributed by atoms with Gasteiger partial charge in [-0.1, -0.05) is 26.8 Å². The molecule has 1 heterocycles. The van der Waals surface area contributed by atoms with Crippen LogP contribution in [0.25, 0.3) is 0 Å². The van der Waals surface area contributed by atoms with Gasteiger partial charge in [-0.3, -0.25) is 4.99 Å². The Morgan fingerprint density at radius 1 is 1.50 bits per heavy atom. The molecule has 1 N–H and O–H groups in total. The van der Waals surface area contributed by atoms with Crippen LogP contribution >= 0.6 is 0 Å². The van der Waals surface area contributed by atoms with E-state index in [4.69, 9.17) is 0 Å². The monoisotopic (exact) mass is 194 g/mol. The number of hydrogen-bond donors (Lipinski definition) is 1. The highest BCUT2D eigenvalue weighted by Gasteiger charge is 2.31. The molecule has 0 radical (unpaired) electrons. The molecule has 0 fully saturated rings. The average molecular weight is 194 g/mol. The Hall–Kier alpha value is -0.790.